The molecule has 2 unspecified atom stereocenters. The highest BCUT2D eigenvalue weighted by Crippen LogP contribution is 2.41. The number of amidine groups is 1. The molecule has 2 heterocycles. The van der Waals surface area contributed by atoms with E-state index >= 15 is 0 Å². The van der Waals surface area contributed by atoms with Gasteiger partial charge in [0.25, 0.3) is 0 Å². The molecule has 0 amide bonds. The summed E-state index contributed by atoms with van der Waals surface area (Å²) in [5, 5.41) is 4.72. The van der Waals surface area contributed by atoms with E-state index in [4.69, 9.17) is 9.73 Å². The van der Waals surface area contributed by atoms with Gasteiger partial charge in [-0.15, -0.1) is 0 Å². The first-order valence-electron chi connectivity index (χ1n) is 7.83. The Hall–Kier alpha value is -0.220. The van der Waals surface area contributed by atoms with Gasteiger partial charge in [-0.05, 0) is 38.0 Å². The molecule has 1 spiro atoms. The van der Waals surface area contributed by atoms with Gasteiger partial charge in [-0.2, -0.15) is 0 Å². The van der Waals surface area contributed by atoms with E-state index in [9.17, 15) is 0 Å². The van der Waals surface area contributed by atoms with Crippen LogP contribution in [0.15, 0.2) is 4.99 Å². The van der Waals surface area contributed by atoms with Crippen LogP contribution >= 0.6 is 11.8 Å². The van der Waals surface area contributed by atoms with Crippen molar-refractivity contribution in [3.8, 4) is 0 Å². The molecule has 2 aliphatic heterocycles. The monoisotopic (exact) mass is 282 g/mol. The number of rotatable bonds is 2. The molecule has 0 radical (unpaired) electrons. The van der Waals surface area contributed by atoms with E-state index in [0.717, 1.165) is 18.3 Å². The van der Waals surface area contributed by atoms with Gasteiger partial charge < -0.3 is 10.1 Å². The van der Waals surface area contributed by atoms with Gasteiger partial charge in [0.2, 0.25) is 0 Å². The van der Waals surface area contributed by atoms with Gasteiger partial charge in [0.15, 0.2) is 5.17 Å². The Labute approximate surface area is 121 Å². The summed E-state index contributed by atoms with van der Waals surface area (Å²) in [5.74, 6) is 1.26. The maximum atomic E-state index is 5.74. The third-order valence-electron chi connectivity index (χ3n) is 4.86. The van der Waals surface area contributed by atoms with Gasteiger partial charge in [0.1, 0.15) is 0 Å². The minimum Gasteiger partial charge on any atom is -0.376 e. The van der Waals surface area contributed by atoms with Gasteiger partial charge in [0, 0.05) is 18.9 Å². The highest BCUT2D eigenvalue weighted by Gasteiger charge is 2.35. The topological polar surface area (TPSA) is 33.6 Å². The first kappa shape index (κ1) is 13.7. The first-order valence-corrected chi connectivity index (χ1v) is 8.81. The van der Waals surface area contributed by atoms with Crippen LogP contribution in [0.4, 0.5) is 0 Å². The third-order valence-corrected chi connectivity index (χ3v) is 6.14. The molecule has 4 heteroatoms. The quantitative estimate of drug-likeness (QED) is 0.844. The summed E-state index contributed by atoms with van der Waals surface area (Å²) in [4.78, 5) is 4.83. The lowest BCUT2D eigenvalue weighted by Crippen LogP contribution is -2.43. The van der Waals surface area contributed by atoms with Crippen LogP contribution in [0.3, 0.4) is 0 Å². The molecule has 1 saturated heterocycles. The van der Waals surface area contributed by atoms with E-state index in [1.165, 1.54) is 50.7 Å². The van der Waals surface area contributed by atoms with Crippen LogP contribution in [0.5, 0.6) is 0 Å². The van der Waals surface area contributed by atoms with E-state index in [1.807, 2.05) is 11.8 Å². The zero-order valence-corrected chi connectivity index (χ0v) is 12.8. The Morgan fingerprint density at radius 2 is 2.16 bits per heavy atom. The molecule has 0 aromatic heterocycles. The second kappa shape index (κ2) is 6.04. The average molecular weight is 282 g/mol. The molecular weight excluding hydrogens is 256 g/mol. The Balaban J connectivity index is 1.52. The van der Waals surface area contributed by atoms with Crippen molar-refractivity contribution >= 4 is 16.9 Å². The van der Waals surface area contributed by atoms with Crippen LogP contribution in [-0.2, 0) is 4.74 Å². The fourth-order valence-electron chi connectivity index (χ4n) is 3.53. The minimum atomic E-state index is 0.383. The maximum absolute atomic E-state index is 5.74. The molecule has 1 saturated carbocycles. The predicted molar refractivity (Wildman–Crippen MR) is 81.8 cm³/mol. The van der Waals surface area contributed by atoms with Gasteiger partial charge in [-0.1, -0.05) is 31.0 Å². The number of nitrogens with zero attached hydrogens (tertiary/aromatic N) is 1. The molecule has 0 aromatic carbocycles. The van der Waals surface area contributed by atoms with Crippen molar-refractivity contribution < 1.29 is 4.74 Å². The van der Waals surface area contributed by atoms with Crippen molar-refractivity contribution in [3.05, 3.63) is 0 Å². The SMILES string of the molecule is CC(NC1=NCC2(CCCCC2)CS1)C1CCCO1. The van der Waals surface area contributed by atoms with Crippen LogP contribution in [0.25, 0.3) is 0 Å². The normalized spacial score (nSPS) is 32.1. The van der Waals surface area contributed by atoms with Crippen LogP contribution in [0.1, 0.15) is 51.9 Å². The molecule has 0 aromatic rings. The highest BCUT2D eigenvalue weighted by molar-refractivity contribution is 8.13. The first-order chi connectivity index (χ1) is 9.27. The van der Waals surface area contributed by atoms with E-state index in [0.29, 0.717) is 17.6 Å². The summed E-state index contributed by atoms with van der Waals surface area (Å²) in [6.45, 7) is 4.20. The van der Waals surface area contributed by atoms with Gasteiger partial charge >= 0.3 is 0 Å². The summed E-state index contributed by atoms with van der Waals surface area (Å²) >= 11 is 1.94. The van der Waals surface area contributed by atoms with Crippen LogP contribution < -0.4 is 5.32 Å². The van der Waals surface area contributed by atoms with Crippen molar-refractivity contribution in [1.29, 1.82) is 0 Å². The highest BCUT2D eigenvalue weighted by atomic mass is 32.2. The number of hydrogen-bond donors (Lipinski definition) is 1. The van der Waals surface area contributed by atoms with Gasteiger partial charge in [-0.25, -0.2) is 0 Å². The van der Waals surface area contributed by atoms with Gasteiger partial charge in [0.05, 0.1) is 12.1 Å². The zero-order valence-electron chi connectivity index (χ0n) is 12.0. The Kier molecular flexibility index (Phi) is 4.37. The third kappa shape index (κ3) is 3.27. The van der Waals surface area contributed by atoms with Crippen LogP contribution in [-0.4, -0.2) is 36.2 Å². The molecule has 1 aliphatic carbocycles. The number of aliphatic imine (C=N–C) groups is 1. The van der Waals surface area contributed by atoms with E-state index < -0.39 is 0 Å². The molecule has 0 bridgehead atoms. The zero-order chi connectivity index (χ0) is 13.1. The Bertz CT molecular complexity index is 333. The standard InChI is InChI=1S/C15H26N2OS/c1-12(13-6-5-9-18-13)17-14-16-10-15(11-19-14)7-3-2-4-8-15/h12-13H,2-11H2,1H3,(H,16,17). The molecule has 19 heavy (non-hydrogen) atoms. The summed E-state index contributed by atoms with van der Waals surface area (Å²) < 4.78 is 5.74. The number of thioether (sulfide) groups is 1. The van der Waals surface area contributed by atoms with E-state index in [-0.39, 0.29) is 0 Å². The molecule has 2 atom stereocenters. The Morgan fingerprint density at radius 3 is 2.79 bits per heavy atom. The van der Waals surface area contributed by atoms with Crippen molar-refractivity contribution in [2.24, 2.45) is 10.4 Å². The molecule has 3 rings (SSSR count). The summed E-state index contributed by atoms with van der Waals surface area (Å²) in [7, 11) is 0. The fourth-order valence-corrected chi connectivity index (χ4v) is 4.78. The van der Waals surface area contributed by atoms with Gasteiger partial charge in [-0.3, -0.25) is 4.99 Å². The lowest BCUT2D eigenvalue weighted by molar-refractivity contribution is 0.0895. The van der Waals surface area contributed by atoms with Crippen molar-refractivity contribution in [3.63, 3.8) is 0 Å². The average Bonchev–Trinajstić information content (AvgIpc) is 2.97. The largest absolute Gasteiger partial charge is 0.376 e. The molecular formula is C15H26N2OS. The maximum Gasteiger partial charge on any atom is 0.156 e. The summed E-state index contributed by atoms with van der Waals surface area (Å²) in [5.41, 5.74) is 0.529. The molecule has 1 N–H and O–H groups in total. The van der Waals surface area contributed by atoms with Crippen molar-refractivity contribution in [2.75, 3.05) is 18.9 Å². The molecule has 3 nitrogen and oxygen atoms in total. The smallest absolute Gasteiger partial charge is 0.156 e. The summed E-state index contributed by atoms with van der Waals surface area (Å²) in [6, 6.07) is 0.397. The number of nitrogens with one attached hydrogen (secondary N) is 1. The lowest BCUT2D eigenvalue weighted by Gasteiger charge is -2.39. The Morgan fingerprint density at radius 1 is 1.32 bits per heavy atom. The number of ether oxygens (including phenoxy) is 1. The summed E-state index contributed by atoms with van der Waals surface area (Å²) in [6.07, 6.45) is 9.80. The minimum absolute atomic E-state index is 0.383. The fraction of sp³-hybridized carbons (Fsp3) is 0.933. The van der Waals surface area contributed by atoms with Crippen molar-refractivity contribution in [2.45, 2.75) is 64.0 Å². The number of hydrogen-bond acceptors (Lipinski definition) is 4. The van der Waals surface area contributed by atoms with Crippen LogP contribution in [0.2, 0.25) is 0 Å². The van der Waals surface area contributed by atoms with Crippen molar-refractivity contribution in [1.82, 2.24) is 5.32 Å². The van der Waals surface area contributed by atoms with E-state index in [2.05, 4.69) is 12.2 Å². The van der Waals surface area contributed by atoms with Crippen LogP contribution in [0, 0.1) is 5.41 Å². The molecule has 3 aliphatic rings. The second-order valence-electron chi connectivity index (χ2n) is 6.46. The van der Waals surface area contributed by atoms with E-state index in [1.54, 1.807) is 0 Å². The lowest BCUT2D eigenvalue weighted by atomic mass is 9.75. The molecule has 108 valence electrons. The predicted octanol–water partition coefficient (Wildman–Crippen LogP) is 3.20. The second-order valence-corrected chi connectivity index (χ2v) is 7.42. The molecule has 2 fully saturated rings.